The van der Waals surface area contributed by atoms with Crippen LogP contribution in [-0.4, -0.2) is 28.5 Å². The quantitative estimate of drug-likeness (QED) is 0.858. The van der Waals surface area contributed by atoms with Crippen LogP contribution in [0, 0.1) is 0 Å². The highest BCUT2D eigenvalue weighted by Gasteiger charge is 2.31. The third-order valence-electron chi connectivity index (χ3n) is 2.83. The summed E-state index contributed by atoms with van der Waals surface area (Å²) in [6, 6.07) is -0.227. The van der Waals surface area contributed by atoms with E-state index in [-0.39, 0.29) is 24.3 Å². The van der Waals surface area contributed by atoms with Crippen LogP contribution in [0.15, 0.2) is 12.4 Å². The molecule has 1 fully saturated rings. The lowest BCUT2D eigenvalue weighted by atomic mass is 10.2. The first-order chi connectivity index (χ1) is 8.97. The smallest absolute Gasteiger partial charge is 0.347 e. The molecule has 2 heterocycles. The molecule has 1 aromatic heterocycles. The average molecular weight is 274 g/mol. The second kappa shape index (κ2) is 5.52. The van der Waals surface area contributed by atoms with E-state index in [9.17, 15) is 18.0 Å². The van der Waals surface area contributed by atoms with E-state index in [2.05, 4.69) is 20.6 Å². The van der Waals surface area contributed by atoms with Crippen LogP contribution >= 0.6 is 0 Å². The highest BCUT2D eigenvalue weighted by Crippen LogP contribution is 2.27. The van der Waals surface area contributed by atoms with Crippen molar-refractivity contribution in [2.75, 3.05) is 6.54 Å². The van der Waals surface area contributed by atoms with E-state index in [0.29, 0.717) is 12.4 Å². The Morgan fingerprint density at radius 2 is 2.11 bits per heavy atom. The maximum Gasteiger partial charge on any atom is 0.419 e. The van der Waals surface area contributed by atoms with E-state index in [4.69, 9.17) is 0 Å². The van der Waals surface area contributed by atoms with Crippen LogP contribution in [0.1, 0.15) is 24.2 Å². The van der Waals surface area contributed by atoms with Gasteiger partial charge in [0, 0.05) is 12.4 Å². The summed E-state index contributed by atoms with van der Waals surface area (Å²) < 4.78 is 36.8. The fourth-order valence-corrected chi connectivity index (χ4v) is 1.79. The Balaban J connectivity index is 1.87. The molecule has 0 bridgehead atoms. The molecular formula is C11H13F3N4O. The van der Waals surface area contributed by atoms with Crippen LogP contribution < -0.4 is 10.6 Å². The standard InChI is InChI=1S/C11H13F3N4O/c12-11(13,14)7-4-16-9(17-5-7)6-18-10(19)8-2-1-3-15-8/h4-5,8,15H,1-3,6H2,(H,18,19)/t8-/m1/s1. The molecule has 0 aromatic carbocycles. The molecule has 19 heavy (non-hydrogen) atoms. The topological polar surface area (TPSA) is 66.9 Å². The Morgan fingerprint density at radius 3 is 2.63 bits per heavy atom. The van der Waals surface area contributed by atoms with Crippen LogP contribution in [0.3, 0.4) is 0 Å². The van der Waals surface area contributed by atoms with Gasteiger partial charge in [0.15, 0.2) is 0 Å². The summed E-state index contributed by atoms with van der Waals surface area (Å²) in [5, 5.41) is 5.61. The van der Waals surface area contributed by atoms with Gasteiger partial charge in [-0.25, -0.2) is 9.97 Å². The lowest BCUT2D eigenvalue weighted by molar-refractivity contribution is -0.138. The fraction of sp³-hybridized carbons (Fsp3) is 0.545. The van der Waals surface area contributed by atoms with Gasteiger partial charge in [0.2, 0.25) is 5.91 Å². The molecule has 0 spiro atoms. The largest absolute Gasteiger partial charge is 0.419 e. The van der Waals surface area contributed by atoms with Crippen LogP contribution in [0.2, 0.25) is 0 Å². The second-order valence-electron chi connectivity index (χ2n) is 4.25. The van der Waals surface area contributed by atoms with Gasteiger partial charge in [0.1, 0.15) is 5.82 Å². The molecule has 0 unspecified atom stereocenters. The number of halogens is 3. The van der Waals surface area contributed by atoms with Gasteiger partial charge in [0.25, 0.3) is 0 Å². The lowest BCUT2D eigenvalue weighted by Crippen LogP contribution is -2.40. The molecule has 2 rings (SSSR count). The molecule has 1 amide bonds. The summed E-state index contributed by atoms with van der Waals surface area (Å²) in [6.45, 7) is 0.823. The van der Waals surface area contributed by atoms with Crippen molar-refractivity contribution in [3.8, 4) is 0 Å². The molecule has 104 valence electrons. The first-order valence-electron chi connectivity index (χ1n) is 5.86. The molecule has 1 aromatic rings. The molecule has 1 saturated heterocycles. The van der Waals surface area contributed by atoms with Crippen molar-refractivity contribution in [3.05, 3.63) is 23.8 Å². The number of amides is 1. The Kier molecular flexibility index (Phi) is 3.98. The molecule has 0 aliphatic carbocycles. The molecule has 2 N–H and O–H groups in total. The number of aromatic nitrogens is 2. The van der Waals surface area contributed by atoms with Gasteiger partial charge in [-0.3, -0.25) is 4.79 Å². The van der Waals surface area contributed by atoms with Crippen LogP contribution in [-0.2, 0) is 17.5 Å². The number of nitrogens with one attached hydrogen (secondary N) is 2. The summed E-state index contributed by atoms with van der Waals surface area (Å²) in [6.07, 6.45) is -1.32. The molecule has 0 saturated carbocycles. The molecule has 1 aliphatic heterocycles. The zero-order valence-corrected chi connectivity index (χ0v) is 10.00. The number of carbonyl (C=O) groups excluding carboxylic acids is 1. The minimum Gasteiger partial charge on any atom is -0.347 e. The van der Waals surface area contributed by atoms with Gasteiger partial charge in [0.05, 0.1) is 18.2 Å². The highest BCUT2D eigenvalue weighted by atomic mass is 19.4. The Hall–Kier alpha value is -1.70. The average Bonchev–Trinajstić information content (AvgIpc) is 2.89. The maximum absolute atomic E-state index is 12.3. The summed E-state index contributed by atoms with van der Waals surface area (Å²) in [7, 11) is 0. The SMILES string of the molecule is O=C(NCc1ncc(C(F)(F)F)cn1)[C@H]1CCCN1. The second-order valence-corrected chi connectivity index (χ2v) is 4.25. The summed E-state index contributed by atoms with van der Waals surface area (Å²) >= 11 is 0. The third kappa shape index (κ3) is 3.63. The van der Waals surface area contributed by atoms with E-state index in [1.165, 1.54) is 0 Å². The summed E-state index contributed by atoms with van der Waals surface area (Å²) in [5.74, 6) is -0.0275. The number of hydrogen-bond acceptors (Lipinski definition) is 4. The van der Waals surface area contributed by atoms with E-state index in [0.717, 1.165) is 19.4 Å². The zero-order chi connectivity index (χ0) is 13.9. The monoisotopic (exact) mass is 274 g/mol. The van der Waals surface area contributed by atoms with Crippen molar-refractivity contribution in [1.82, 2.24) is 20.6 Å². The van der Waals surface area contributed by atoms with Crippen molar-refractivity contribution in [2.24, 2.45) is 0 Å². The van der Waals surface area contributed by atoms with Gasteiger partial charge < -0.3 is 10.6 Å². The first-order valence-corrected chi connectivity index (χ1v) is 5.86. The lowest BCUT2D eigenvalue weighted by Gasteiger charge is -2.10. The third-order valence-corrected chi connectivity index (χ3v) is 2.83. The first kappa shape index (κ1) is 13.7. The molecular weight excluding hydrogens is 261 g/mol. The van der Waals surface area contributed by atoms with E-state index in [1.54, 1.807) is 0 Å². The van der Waals surface area contributed by atoms with Gasteiger partial charge in [-0.15, -0.1) is 0 Å². The van der Waals surface area contributed by atoms with Gasteiger partial charge in [-0.05, 0) is 19.4 Å². The predicted octanol–water partition coefficient (Wildman–Crippen LogP) is 0.864. The van der Waals surface area contributed by atoms with Crippen molar-refractivity contribution >= 4 is 5.91 Å². The normalized spacial score (nSPS) is 19.4. The number of alkyl halides is 3. The van der Waals surface area contributed by atoms with Crippen LogP contribution in [0.25, 0.3) is 0 Å². The predicted molar refractivity (Wildman–Crippen MR) is 59.9 cm³/mol. The minimum absolute atomic E-state index is 0.0230. The van der Waals surface area contributed by atoms with Gasteiger partial charge in [-0.2, -0.15) is 13.2 Å². The van der Waals surface area contributed by atoms with Crippen molar-refractivity contribution in [3.63, 3.8) is 0 Å². The Bertz CT molecular complexity index is 440. The van der Waals surface area contributed by atoms with Crippen LogP contribution in [0.5, 0.6) is 0 Å². The summed E-state index contributed by atoms with van der Waals surface area (Å²) in [5.41, 5.74) is -0.903. The van der Waals surface area contributed by atoms with E-state index in [1.807, 2.05) is 0 Å². The Morgan fingerprint density at radius 1 is 1.42 bits per heavy atom. The van der Waals surface area contributed by atoms with Crippen molar-refractivity contribution < 1.29 is 18.0 Å². The molecule has 8 heteroatoms. The number of nitrogens with zero attached hydrogens (tertiary/aromatic N) is 2. The van der Waals surface area contributed by atoms with Gasteiger partial charge in [-0.1, -0.05) is 0 Å². The maximum atomic E-state index is 12.3. The zero-order valence-electron chi connectivity index (χ0n) is 10.00. The van der Waals surface area contributed by atoms with Crippen molar-refractivity contribution in [2.45, 2.75) is 31.6 Å². The number of rotatable bonds is 3. The highest BCUT2D eigenvalue weighted by molar-refractivity contribution is 5.81. The minimum atomic E-state index is -4.45. The van der Waals surface area contributed by atoms with Crippen LogP contribution in [0.4, 0.5) is 13.2 Å². The molecule has 5 nitrogen and oxygen atoms in total. The number of hydrogen-bond donors (Lipinski definition) is 2. The number of carbonyl (C=O) groups is 1. The fourth-order valence-electron chi connectivity index (χ4n) is 1.79. The molecule has 1 atom stereocenters. The molecule has 0 radical (unpaired) electrons. The van der Waals surface area contributed by atoms with E-state index < -0.39 is 11.7 Å². The summed E-state index contributed by atoms with van der Waals surface area (Å²) in [4.78, 5) is 18.8. The van der Waals surface area contributed by atoms with Gasteiger partial charge >= 0.3 is 6.18 Å². The Labute approximate surface area is 107 Å². The molecule has 1 aliphatic rings. The van der Waals surface area contributed by atoms with Crippen molar-refractivity contribution in [1.29, 1.82) is 0 Å². The van der Waals surface area contributed by atoms with E-state index >= 15 is 0 Å².